The molecule has 0 aliphatic rings. The van der Waals surface area contributed by atoms with Gasteiger partial charge in [-0.2, -0.15) is 0 Å². The van der Waals surface area contributed by atoms with Crippen molar-refractivity contribution in [2.24, 2.45) is 11.8 Å². The molecule has 0 fully saturated rings. The molecule has 380 valence electrons. The second-order valence-electron chi connectivity index (χ2n) is 23.3. The van der Waals surface area contributed by atoms with E-state index >= 15 is 0 Å². The van der Waals surface area contributed by atoms with Crippen LogP contribution in [0.15, 0.2) is 12.4 Å². The number of aromatic nitrogens is 1. The first kappa shape index (κ1) is 60.1. The van der Waals surface area contributed by atoms with Crippen LogP contribution in [0.4, 0.5) is 9.59 Å². The molecule has 15 heteroatoms. The summed E-state index contributed by atoms with van der Waals surface area (Å²) >= 11 is 0. The van der Waals surface area contributed by atoms with Gasteiger partial charge in [0.25, 0.3) is 0 Å². The number of aryl methyl sites for hydroxylation is 3. The zero-order valence-electron chi connectivity index (χ0n) is 44.7. The van der Waals surface area contributed by atoms with Gasteiger partial charge in [-0.3, -0.25) is 9.59 Å². The monoisotopic (exact) mass is 945 g/mol. The summed E-state index contributed by atoms with van der Waals surface area (Å²) in [6, 6.07) is -2.30. The number of unbranched alkanes of at least 4 members (excludes halogenated alkanes) is 1. The van der Waals surface area contributed by atoms with E-state index in [2.05, 4.69) is 22.5 Å². The average Bonchev–Trinajstić information content (AvgIpc) is 3.09. The third kappa shape index (κ3) is 27.5. The number of ether oxygens (including phenoxy) is 6. The van der Waals surface area contributed by atoms with E-state index in [9.17, 15) is 28.8 Å². The van der Waals surface area contributed by atoms with Gasteiger partial charge >= 0.3 is 36.1 Å². The Hall–Kier alpha value is -4.87. The molecule has 0 aliphatic heterocycles. The van der Waals surface area contributed by atoms with Gasteiger partial charge < -0.3 is 39.1 Å². The van der Waals surface area contributed by atoms with Crippen LogP contribution in [0.3, 0.4) is 0 Å². The van der Waals surface area contributed by atoms with Crippen LogP contribution in [0.25, 0.3) is 0 Å². The zero-order chi connectivity index (χ0) is 51.9. The Morgan fingerprint density at radius 1 is 0.493 bits per heavy atom. The van der Waals surface area contributed by atoms with E-state index < -0.39 is 75.7 Å². The smallest absolute Gasteiger partial charge is 0.408 e. The second kappa shape index (κ2) is 24.9. The third-order valence-corrected chi connectivity index (χ3v) is 9.04. The van der Waals surface area contributed by atoms with Crippen LogP contribution in [0.2, 0.25) is 0 Å². The van der Waals surface area contributed by atoms with Gasteiger partial charge in [-0.1, -0.05) is 25.7 Å². The van der Waals surface area contributed by atoms with Gasteiger partial charge in [0.15, 0.2) is 12.4 Å². The number of esters is 4. The topological polar surface area (TPSA) is 186 Å². The Labute approximate surface area is 402 Å². The molecule has 0 aromatic carbocycles. The summed E-state index contributed by atoms with van der Waals surface area (Å²) in [5.41, 5.74) is -2.56. The van der Waals surface area contributed by atoms with E-state index in [1.807, 2.05) is 72.4 Å². The van der Waals surface area contributed by atoms with Crippen molar-refractivity contribution < 1.29 is 61.8 Å². The predicted octanol–water partition coefficient (Wildman–Crippen LogP) is 9.18. The summed E-state index contributed by atoms with van der Waals surface area (Å²) < 4.78 is 35.7. The minimum Gasteiger partial charge on any atom is -0.460 e. The van der Waals surface area contributed by atoms with Gasteiger partial charge in [-0.25, -0.2) is 23.7 Å². The van der Waals surface area contributed by atoms with Crippen molar-refractivity contribution in [3.05, 3.63) is 29.1 Å². The highest BCUT2D eigenvalue weighted by molar-refractivity contribution is 5.82. The molecular formula is C52H86N3O12+. The first-order valence-corrected chi connectivity index (χ1v) is 23.7. The summed E-state index contributed by atoms with van der Waals surface area (Å²) in [4.78, 5) is 79.2. The zero-order valence-corrected chi connectivity index (χ0v) is 44.7. The highest BCUT2D eigenvalue weighted by atomic mass is 16.6. The molecule has 0 saturated carbocycles. The minimum atomic E-state index is -1.19. The highest BCUT2D eigenvalue weighted by Gasteiger charge is 2.32. The lowest BCUT2D eigenvalue weighted by atomic mass is 9.93. The number of carbonyl (C=O) groups is 6. The minimum absolute atomic E-state index is 0.0920. The fourth-order valence-electron chi connectivity index (χ4n) is 6.23. The number of pyridine rings is 1. The lowest BCUT2D eigenvalue weighted by molar-refractivity contribution is -0.698. The average molecular weight is 945 g/mol. The third-order valence-electron chi connectivity index (χ3n) is 9.04. The molecule has 2 N–H and O–H groups in total. The second-order valence-corrected chi connectivity index (χ2v) is 23.3. The molecule has 0 radical (unpaired) electrons. The van der Waals surface area contributed by atoms with E-state index in [0.717, 1.165) is 12.0 Å². The van der Waals surface area contributed by atoms with E-state index in [1.54, 1.807) is 83.1 Å². The predicted molar refractivity (Wildman–Crippen MR) is 257 cm³/mol. The molecule has 15 nitrogen and oxygen atoms in total. The van der Waals surface area contributed by atoms with E-state index in [0.29, 0.717) is 43.4 Å². The van der Waals surface area contributed by atoms with Crippen LogP contribution >= 0.6 is 0 Å². The maximum absolute atomic E-state index is 13.7. The fourth-order valence-corrected chi connectivity index (χ4v) is 6.23. The van der Waals surface area contributed by atoms with Gasteiger partial charge in [0, 0.05) is 29.5 Å². The van der Waals surface area contributed by atoms with Gasteiger partial charge in [-0.05, 0) is 163 Å². The fraction of sp³-hybridized carbons (Fsp3) is 0.750. The summed E-state index contributed by atoms with van der Waals surface area (Å²) in [5.74, 6) is 3.71. The molecule has 0 bridgehead atoms. The number of rotatable bonds is 18. The Bertz CT molecular complexity index is 1900. The van der Waals surface area contributed by atoms with Crippen molar-refractivity contribution in [2.75, 3.05) is 0 Å². The molecular weight excluding hydrogens is 859 g/mol. The maximum Gasteiger partial charge on any atom is 0.408 e. The Morgan fingerprint density at radius 3 is 1.27 bits per heavy atom. The number of amides is 2. The molecule has 0 saturated heterocycles. The lowest BCUT2D eigenvalue weighted by Gasteiger charge is -2.26. The number of nitrogens with one attached hydrogen (secondary N) is 2. The summed E-state index contributed by atoms with van der Waals surface area (Å²) in [6.45, 7) is 35.9. The SMILES string of the molecule is C[C@@H](CCCC[n+]1cc(CC[C@H](NC(=O)OC(C)(C)C)C(=O)OC(C)(C)C)c(C#CC[C@H](NC(=O)OC(C)(C)C)C(=O)OC(C)(C)C)c(CC[C@H](C)C(=O)OC(C)(C)C)c1)C(=O)OC(C)(C)C. The molecule has 0 unspecified atom stereocenters. The summed E-state index contributed by atoms with van der Waals surface area (Å²) in [7, 11) is 0. The number of carbonyl (C=O) groups excluding carboxylic acids is 6. The molecule has 0 aliphatic carbocycles. The van der Waals surface area contributed by atoms with Crippen LogP contribution in [-0.4, -0.2) is 81.8 Å². The van der Waals surface area contributed by atoms with Crippen LogP contribution in [0.1, 0.15) is 194 Å². The van der Waals surface area contributed by atoms with Crippen LogP contribution in [0.5, 0.6) is 0 Å². The number of hydrogen-bond donors (Lipinski definition) is 2. The van der Waals surface area contributed by atoms with Crippen LogP contribution in [0, 0.1) is 23.7 Å². The number of hydrogen-bond acceptors (Lipinski definition) is 12. The Balaban J connectivity index is 4.00. The number of alkyl carbamates (subject to hydrolysis) is 2. The molecule has 1 rings (SSSR count). The maximum atomic E-state index is 13.7. The van der Waals surface area contributed by atoms with Crippen molar-refractivity contribution in [3.8, 4) is 11.8 Å². The normalized spacial score (nSPS) is 14.2. The van der Waals surface area contributed by atoms with E-state index in [-0.39, 0.29) is 37.1 Å². The van der Waals surface area contributed by atoms with Gasteiger partial charge in [0.2, 0.25) is 0 Å². The first-order chi connectivity index (χ1) is 30.2. The molecule has 1 heterocycles. The van der Waals surface area contributed by atoms with Crippen molar-refractivity contribution in [2.45, 2.75) is 242 Å². The molecule has 2 amide bonds. The molecule has 67 heavy (non-hydrogen) atoms. The quantitative estimate of drug-likeness (QED) is 0.0468. The largest absolute Gasteiger partial charge is 0.460 e. The molecule has 0 spiro atoms. The van der Waals surface area contributed by atoms with Crippen molar-refractivity contribution in [1.82, 2.24) is 10.6 Å². The molecule has 1 aromatic rings. The van der Waals surface area contributed by atoms with E-state index in [1.165, 1.54) is 0 Å². The molecule has 1 aromatic heterocycles. The highest BCUT2D eigenvalue weighted by Crippen LogP contribution is 2.23. The van der Waals surface area contributed by atoms with Crippen LogP contribution < -0.4 is 15.2 Å². The lowest BCUT2D eigenvalue weighted by Crippen LogP contribution is -2.46. The van der Waals surface area contributed by atoms with Crippen molar-refractivity contribution in [1.29, 1.82) is 0 Å². The van der Waals surface area contributed by atoms with Gasteiger partial charge in [0.05, 0.1) is 11.8 Å². The van der Waals surface area contributed by atoms with Gasteiger partial charge in [-0.15, -0.1) is 0 Å². The van der Waals surface area contributed by atoms with E-state index in [4.69, 9.17) is 28.4 Å². The Kier molecular flexibility index (Phi) is 22.4. The summed E-state index contributed by atoms with van der Waals surface area (Å²) in [6.07, 6.45) is 5.35. The first-order valence-electron chi connectivity index (χ1n) is 23.7. The standard InChI is InChI=1S/C52H85N3O12/c1-34(41(56)62-47(3,4)5)24-21-22-31-55-32-36(28-27-35(2)42(57)63-48(6,7)8)38(25-23-26-39(43(58)64-49(9,10)11)53-45(60)66-51(15,16)17)37(33-55)29-30-40(44(59)65-50(12,13)14)54-46(61)67-52(18,19)20/h32-35,39-40H,21-22,24,26-31H2,1-20H3,(H-,53,54,60,61)/p+1/t34-,35-,39-,40-/m0/s1. The van der Waals surface area contributed by atoms with Crippen LogP contribution in [-0.2, 0) is 67.0 Å². The Morgan fingerprint density at radius 2 is 0.851 bits per heavy atom. The van der Waals surface area contributed by atoms with Gasteiger partial charge in [0.1, 0.15) is 52.2 Å². The molecule has 4 atom stereocenters. The van der Waals surface area contributed by atoms with Crippen molar-refractivity contribution in [3.63, 3.8) is 0 Å². The summed E-state index contributed by atoms with van der Waals surface area (Å²) in [5, 5.41) is 5.34. The number of nitrogens with zero attached hydrogens (tertiary/aromatic N) is 1. The van der Waals surface area contributed by atoms with Crippen molar-refractivity contribution >= 4 is 36.1 Å².